The predicted molar refractivity (Wildman–Crippen MR) is 167 cm³/mol. The number of amides is 2. The largest absolute Gasteiger partial charge is 0.395 e. The van der Waals surface area contributed by atoms with Gasteiger partial charge in [0.15, 0.2) is 5.60 Å². The third-order valence-electron chi connectivity index (χ3n) is 8.30. The van der Waals surface area contributed by atoms with Crippen LogP contribution in [-0.4, -0.2) is 49.3 Å². The Kier molecular flexibility index (Phi) is 8.19. The highest BCUT2D eigenvalue weighted by Gasteiger charge is 2.49. The van der Waals surface area contributed by atoms with Crippen LogP contribution in [0.3, 0.4) is 0 Å². The number of fused-ring (bicyclic) bond motifs is 1. The van der Waals surface area contributed by atoms with Crippen molar-refractivity contribution in [2.45, 2.75) is 44.2 Å². The van der Waals surface area contributed by atoms with E-state index in [2.05, 4.69) is 20.7 Å². The quantitative estimate of drug-likeness (QED) is 0.235. The molecule has 0 bridgehead atoms. The highest BCUT2D eigenvalue weighted by atomic mass is 16.3. The van der Waals surface area contributed by atoms with Crippen LogP contribution in [-0.2, 0) is 21.7 Å². The molecule has 4 aromatic rings. The molecule has 2 aliphatic rings. The molecule has 2 aliphatic heterocycles. The summed E-state index contributed by atoms with van der Waals surface area (Å²) in [7, 11) is 0. The molecule has 10 heteroatoms. The number of rotatable bonds is 10. The highest BCUT2D eigenvalue weighted by molar-refractivity contribution is 6.10. The summed E-state index contributed by atoms with van der Waals surface area (Å²) >= 11 is 0. The van der Waals surface area contributed by atoms with Gasteiger partial charge in [0.2, 0.25) is 5.91 Å². The maximum absolute atomic E-state index is 13.1. The molecule has 2 amide bonds. The van der Waals surface area contributed by atoms with E-state index in [1.807, 2.05) is 79.0 Å². The molecule has 0 radical (unpaired) electrons. The van der Waals surface area contributed by atoms with Crippen molar-refractivity contribution in [3.05, 3.63) is 120 Å². The van der Waals surface area contributed by atoms with Crippen molar-refractivity contribution < 1.29 is 19.8 Å². The molecule has 6 rings (SSSR count). The molecule has 0 saturated heterocycles. The lowest BCUT2D eigenvalue weighted by atomic mass is 9.82. The van der Waals surface area contributed by atoms with E-state index in [0.717, 1.165) is 16.8 Å². The fraction of sp³-hybridized carbons (Fsp3) is 0.265. The smallest absolute Gasteiger partial charge is 0.261 e. The van der Waals surface area contributed by atoms with Gasteiger partial charge >= 0.3 is 0 Å². The summed E-state index contributed by atoms with van der Waals surface area (Å²) in [6, 6.07) is 24.5. The number of anilines is 2. The number of hydrogen-bond acceptors (Lipinski definition) is 7. The Morgan fingerprint density at radius 2 is 1.77 bits per heavy atom. The Morgan fingerprint density at radius 3 is 2.52 bits per heavy atom. The lowest BCUT2D eigenvalue weighted by Gasteiger charge is -2.28. The zero-order chi connectivity index (χ0) is 30.7. The lowest BCUT2D eigenvalue weighted by Crippen LogP contribution is -2.40. The van der Waals surface area contributed by atoms with E-state index in [-0.39, 0.29) is 18.4 Å². The molecule has 3 atom stereocenters. The second kappa shape index (κ2) is 12.4. The topological polar surface area (TPSA) is 133 Å². The predicted octanol–water partition coefficient (Wildman–Crippen LogP) is 4.36. The third kappa shape index (κ3) is 5.57. The van der Waals surface area contributed by atoms with Crippen molar-refractivity contribution in [2.24, 2.45) is 11.0 Å². The number of aromatic nitrogens is 3. The number of allylic oxidation sites excluding steroid dienone is 1. The van der Waals surface area contributed by atoms with Crippen molar-refractivity contribution in [3.63, 3.8) is 0 Å². The molecule has 0 saturated carbocycles. The van der Waals surface area contributed by atoms with Gasteiger partial charge in [-0.25, -0.2) is 5.01 Å². The summed E-state index contributed by atoms with van der Waals surface area (Å²) in [4.78, 5) is 26.0. The first-order valence-electron chi connectivity index (χ1n) is 14.7. The molecule has 1 aromatic heterocycles. The standard InChI is InChI=1S/C34H34N6O4/c1-23(10-8-9-19-39-21-31(36-38-39)27(22-41)24-11-4-2-5-12-24)34(44)28-20-26(15-16-30(28)35-33(34)43)40-32(42)18-17-29(37-40)25-13-6-3-7-14-25/h2-8,10-16,20-21,23,27,41,44H,9,17-19,22H2,1H3,(H,35,43)/b10-8+/t23-,27?,34+/m1/s1. The van der Waals surface area contributed by atoms with Crippen molar-refractivity contribution in [2.75, 3.05) is 16.9 Å². The maximum atomic E-state index is 13.1. The second-order valence-electron chi connectivity index (χ2n) is 11.1. The van der Waals surface area contributed by atoms with Crippen molar-refractivity contribution in [1.82, 2.24) is 15.0 Å². The Balaban J connectivity index is 1.16. The number of benzene rings is 3. The first-order valence-corrected chi connectivity index (χ1v) is 14.7. The van der Waals surface area contributed by atoms with E-state index in [9.17, 15) is 19.8 Å². The number of hydrazone groups is 1. The molecule has 224 valence electrons. The summed E-state index contributed by atoms with van der Waals surface area (Å²) in [6.45, 7) is 2.25. The third-order valence-corrected chi connectivity index (χ3v) is 8.30. The van der Waals surface area contributed by atoms with E-state index >= 15 is 0 Å². The van der Waals surface area contributed by atoms with Gasteiger partial charge in [-0.2, -0.15) is 5.10 Å². The number of carbonyl (C=O) groups excluding carboxylic acids is 2. The molecular formula is C34H34N6O4. The fourth-order valence-corrected chi connectivity index (χ4v) is 5.76. The van der Waals surface area contributed by atoms with Crippen LogP contribution in [0.2, 0.25) is 0 Å². The van der Waals surface area contributed by atoms with Crippen LogP contribution in [0, 0.1) is 5.92 Å². The normalized spacial score (nSPS) is 19.5. The molecule has 3 N–H and O–H groups in total. The maximum Gasteiger partial charge on any atom is 0.261 e. The zero-order valence-corrected chi connectivity index (χ0v) is 24.4. The second-order valence-corrected chi connectivity index (χ2v) is 11.1. The van der Waals surface area contributed by atoms with Crippen LogP contribution >= 0.6 is 0 Å². The van der Waals surface area contributed by atoms with Gasteiger partial charge in [0.05, 0.1) is 29.6 Å². The van der Waals surface area contributed by atoms with E-state index in [1.165, 1.54) is 5.01 Å². The number of nitrogens with one attached hydrogen (secondary N) is 1. The number of hydrogen-bond donors (Lipinski definition) is 3. The Bertz CT molecular complexity index is 1720. The molecule has 1 unspecified atom stereocenters. The Morgan fingerprint density at radius 1 is 1.02 bits per heavy atom. The van der Waals surface area contributed by atoms with Gasteiger partial charge in [-0.15, -0.1) is 5.10 Å². The van der Waals surface area contributed by atoms with Crippen molar-refractivity contribution in [3.8, 4) is 0 Å². The van der Waals surface area contributed by atoms with Gasteiger partial charge in [-0.3, -0.25) is 14.3 Å². The lowest BCUT2D eigenvalue weighted by molar-refractivity contribution is -0.137. The minimum atomic E-state index is -1.82. The number of aryl methyl sites for hydroxylation is 1. The van der Waals surface area contributed by atoms with Crippen molar-refractivity contribution in [1.29, 1.82) is 0 Å². The van der Waals surface area contributed by atoms with Crippen molar-refractivity contribution >= 4 is 28.9 Å². The van der Waals surface area contributed by atoms with Gasteiger partial charge in [0.25, 0.3) is 5.91 Å². The van der Waals surface area contributed by atoms with Gasteiger partial charge in [0.1, 0.15) is 0 Å². The molecule has 0 fully saturated rings. The molecular weight excluding hydrogens is 556 g/mol. The van der Waals surface area contributed by atoms with Crippen LogP contribution in [0.4, 0.5) is 11.4 Å². The zero-order valence-electron chi connectivity index (χ0n) is 24.4. The van der Waals surface area contributed by atoms with Crippen LogP contribution in [0.15, 0.2) is 102 Å². The number of nitrogens with zero attached hydrogens (tertiary/aromatic N) is 5. The Labute approximate surface area is 255 Å². The SMILES string of the molecule is C[C@H](/C=C/CCn1cc(C(CO)c2ccccc2)nn1)[C@@]1(O)C(=O)Nc2ccc(N3N=C(c4ccccc4)CCC3=O)cc21. The molecule has 0 aliphatic carbocycles. The number of aliphatic hydroxyl groups is 2. The summed E-state index contributed by atoms with van der Waals surface area (Å²) in [5.74, 6) is -1.49. The summed E-state index contributed by atoms with van der Waals surface area (Å²) < 4.78 is 1.72. The number of carbonyl (C=O) groups is 2. The van der Waals surface area contributed by atoms with E-state index in [1.54, 1.807) is 29.8 Å². The van der Waals surface area contributed by atoms with Crippen LogP contribution in [0.5, 0.6) is 0 Å². The van der Waals surface area contributed by atoms with Crippen LogP contribution in [0.25, 0.3) is 0 Å². The average molecular weight is 591 g/mol. The average Bonchev–Trinajstić information content (AvgIpc) is 3.62. The summed E-state index contributed by atoms with van der Waals surface area (Å²) in [5, 5.41) is 38.9. The van der Waals surface area contributed by atoms with E-state index < -0.39 is 17.4 Å². The van der Waals surface area contributed by atoms with Gasteiger partial charge in [-0.05, 0) is 35.7 Å². The van der Waals surface area contributed by atoms with Crippen LogP contribution in [0.1, 0.15) is 54.5 Å². The minimum Gasteiger partial charge on any atom is -0.395 e. The van der Waals surface area contributed by atoms with Crippen LogP contribution < -0.4 is 10.3 Å². The summed E-state index contributed by atoms with van der Waals surface area (Å²) in [5.41, 5.74) is 2.99. The van der Waals surface area contributed by atoms with Gasteiger partial charge in [-0.1, -0.05) is 85.0 Å². The minimum absolute atomic E-state index is 0.0730. The van der Waals surface area contributed by atoms with E-state index in [0.29, 0.717) is 48.4 Å². The monoisotopic (exact) mass is 590 g/mol. The molecule has 44 heavy (non-hydrogen) atoms. The molecule has 3 heterocycles. The van der Waals surface area contributed by atoms with E-state index in [4.69, 9.17) is 0 Å². The molecule has 10 nitrogen and oxygen atoms in total. The van der Waals surface area contributed by atoms with Gasteiger partial charge < -0.3 is 15.5 Å². The fourth-order valence-electron chi connectivity index (χ4n) is 5.76. The highest BCUT2D eigenvalue weighted by Crippen LogP contribution is 2.43. The Hall–Kier alpha value is -4.93. The summed E-state index contributed by atoms with van der Waals surface area (Å²) in [6.07, 6.45) is 7.00. The molecule has 3 aromatic carbocycles. The first kappa shape index (κ1) is 29.2. The van der Waals surface area contributed by atoms with Gasteiger partial charge in [0, 0.05) is 42.8 Å². The first-order chi connectivity index (χ1) is 21.4. The molecule has 0 spiro atoms. The number of aliphatic hydroxyl groups excluding tert-OH is 1.